The lowest BCUT2D eigenvalue weighted by Crippen LogP contribution is -2.34. The van der Waals surface area contributed by atoms with Crippen LogP contribution in [0.15, 0.2) is 48.8 Å². The molecule has 1 saturated heterocycles. The maximum Gasteiger partial charge on any atom is 0.163 e. The third-order valence-electron chi connectivity index (χ3n) is 5.95. The summed E-state index contributed by atoms with van der Waals surface area (Å²) in [5.74, 6) is 3.70. The van der Waals surface area contributed by atoms with E-state index in [9.17, 15) is 0 Å². The molecule has 1 aliphatic rings. The van der Waals surface area contributed by atoms with Crippen LogP contribution in [-0.4, -0.2) is 61.3 Å². The SMILES string of the molecule is COc1cccc(OC)c1CN1CCC[C@H](c2cc(N(C)C)nc(-c3cccnc3)n2)C1. The Balaban J connectivity index is 1.61. The van der Waals surface area contributed by atoms with E-state index < -0.39 is 0 Å². The maximum atomic E-state index is 5.61. The second-order valence-electron chi connectivity index (χ2n) is 8.33. The van der Waals surface area contributed by atoms with Crippen molar-refractivity contribution >= 4 is 5.82 Å². The average molecular weight is 434 g/mol. The van der Waals surface area contributed by atoms with Crippen LogP contribution in [0, 0.1) is 0 Å². The second-order valence-corrected chi connectivity index (χ2v) is 8.33. The van der Waals surface area contributed by atoms with Gasteiger partial charge in [0.15, 0.2) is 5.82 Å². The molecule has 0 unspecified atom stereocenters. The first-order valence-electron chi connectivity index (χ1n) is 11.0. The Bertz CT molecular complexity index is 1020. The van der Waals surface area contributed by atoms with E-state index in [-0.39, 0.29) is 0 Å². The number of benzene rings is 1. The first-order chi connectivity index (χ1) is 15.6. The summed E-state index contributed by atoms with van der Waals surface area (Å²) in [7, 11) is 7.45. The average Bonchev–Trinajstić information content (AvgIpc) is 2.84. The molecule has 0 radical (unpaired) electrons. The largest absolute Gasteiger partial charge is 0.496 e. The Hall–Kier alpha value is -3.19. The Morgan fingerprint density at radius 2 is 1.84 bits per heavy atom. The van der Waals surface area contributed by atoms with Gasteiger partial charge >= 0.3 is 0 Å². The smallest absolute Gasteiger partial charge is 0.163 e. The number of pyridine rings is 1. The fourth-order valence-electron chi connectivity index (χ4n) is 4.26. The van der Waals surface area contributed by atoms with Gasteiger partial charge in [-0.25, -0.2) is 9.97 Å². The molecule has 3 heterocycles. The van der Waals surface area contributed by atoms with Crippen molar-refractivity contribution in [3.63, 3.8) is 0 Å². The first kappa shape index (κ1) is 22.0. The third kappa shape index (κ3) is 4.83. The molecule has 0 bridgehead atoms. The summed E-state index contributed by atoms with van der Waals surface area (Å²) < 4.78 is 11.2. The van der Waals surface area contributed by atoms with Crippen LogP contribution < -0.4 is 14.4 Å². The highest BCUT2D eigenvalue weighted by Crippen LogP contribution is 2.33. The molecule has 4 rings (SSSR count). The predicted molar refractivity (Wildman–Crippen MR) is 126 cm³/mol. The van der Waals surface area contributed by atoms with Crippen molar-refractivity contribution < 1.29 is 9.47 Å². The van der Waals surface area contributed by atoms with Crippen molar-refractivity contribution in [2.24, 2.45) is 0 Å². The van der Waals surface area contributed by atoms with Crippen molar-refractivity contribution in [1.29, 1.82) is 0 Å². The fourth-order valence-corrected chi connectivity index (χ4v) is 4.26. The summed E-state index contributed by atoms with van der Waals surface area (Å²) in [6.07, 6.45) is 5.81. The van der Waals surface area contributed by atoms with Gasteiger partial charge in [0.2, 0.25) is 0 Å². The lowest BCUT2D eigenvalue weighted by atomic mass is 9.93. The third-order valence-corrected chi connectivity index (χ3v) is 5.95. The van der Waals surface area contributed by atoms with Crippen molar-refractivity contribution in [1.82, 2.24) is 19.9 Å². The second kappa shape index (κ2) is 9.96. The highest BCUT2D eigenvalue weighted by molar-refractivity contribution is 5.57. The highest BCUT2D eigenvalue weighted by atomic mass is 16.5. The van der Waals surface area contributed by atoms with Crippen molar-refractivity contribution in [3.05, 3.63) is 60.0 Å². The molecule has 0 N–H and O–H groups in total. The summed E-state index contributed by atoms with van der Waals surface area (Å²) in [5, 5.41) is 0. The predicted octanol–water partition coefficient (Wildman–Crippen LogP) is 4.00. The molecule has 3 aromatic rings. The number of hydrogen-bond acceptors (Lipinski definition) is 7. The van der Waals surface area contributed by atoms with Gasteiger partial charge in [-0.2, -0.15) is 0 Å². The topological polar surface area (TPSA) is 63.6 Å². The Kier molecular flexibility index (Phi) is 6.85. The number of methoxy groups -OCH3 is 2. The Morgan fingerprint density at radius 1 is 1.06 bits per heavy atom. The molecule has 2 aromatic heterocycles. The fraction of sp³-hybridized carbons (Fsp3) is 0.400. The van der Waals surface area contributed by atoms with Gasteiger partial charge in [-0.3, -0.25) is 9.88 Å². The molecule has 7 heteroatoms. The van der Waals surface area contributed by atoms with E-state index in [1.807, 2.05) is 55.5 Å². The number of piperidine rings is 1. The van der Waals surface area contributed by atoms with Crippen LogP contribution in [0.4, 0.5) is 5.82 Å². The molecule has 0 saturated carbocycles. The van der Waals surface area contributed by atoms with E-state index in [0.29, 0.717) is 5.92 Å². The number of ether oxygens (including phenoxy) is 2. The van der Waals surface area contributed by atoms with E-state index in [0.717, 1.165) is 72.4 Å². The minimum absolute atomic E-state index is 0.335. The zero-order chi connectivity index (χ0) is 22.5. The zero-order valence-corrected chi connectivity index (χ0v) is 19.3. The molecule has 168 valence electrons. The van der Waals surface area contributed by atoms with Crippen LogP contribution in [0.1, 0.15) is 30.0 Å². The quantitative estimate of drug-likeness (QED) is 0.558. The first-order valence-corrected chi connectivity index (χ1v) is 11.0. The van der Waals surface area contributed by atoms with E-state index in [1.54, 1.807) is 20.4 Å². The van der Waals surface area contributed by atoms with E-state index in [1.165, 1.54) is 0 Å². The zero-order valence-electron chi connectivity index (χ0n) is 19.3. The molecular formula is C25H31N5O2. The molecule has 1 aliphatic heterocycles. The Morgan fingerprint density at radius 3 is 2.50 bits per heavy atom. The van der Waals surface area contributed by atoms with Gasteiger partial charge in [-0.05, 0) is 43.7 Å². The molecule has 0 amide bonds. The molecule has 32 heavy (non-hydrogen) atoms. The van der Waals surface area contributed by atoms with Crippen LogP contribution in [0.2, 0.25) is 0 Å². The van der Waals surface area contributed by atoms with Gasteiger partial charge in [0.1, 0.15) is 17.3 Å². The van der Waals surface area contributed by atoms with Crippen molar-refractivity contribution in [2.75, 3.05) is 46.3 Å². The van der Waals surface area contributed by atoms with Gasteiger partial charge in [0, 0.05) is 57.1 Å². The van der Waals surface area contributed by atoms with Gasteiger partial charge in [-0.15, -0.1) is 0 Å². The molecule has 0 spiro atoms. The standard InChI is InChI=1S/C25H31N5O2/c1-29(2)24-14-21(27-25(28-24)18-8-6-12-26-15-18)19-9-7-13-30(16-19)17-20-22(31-3)10-5-11-23(20)32-4/h5-6,8,10-12,14-15,19H,7,9,13,16-17H2,1-4H3/t19-/m0/s1. The monoisotopic (exact) mass is 433 g/mol. The number of rotatable bonds is 7. The summed E-state index contributed by atoms with van der Waals surface area (Å²) in [4.78, 5) is 18.5. The molecule has 7 nitrogen and oxygen atoms in total. The minimum Gasteiger partial charge on any atom is -0.496 e. The van der Waals surface area contributed by atoms with E-state index >= 15 is 0 Å². The molecule has 1 aromatic carbocycles. The van der Waals surface area contributed by atoms with Crippen LogP contribution in [0.25, 0.3) is 11.4 Å². The number of hydrogen-bond donors (Lipinski definition) is 0. The van der Waals surface area contributed by atoms with Crippen molar-refractivity contribution in [2.45, 2.75) is 25.3 Å². The summed E-state index contributed by atoms with van der Waals surface area (Å²) in [5.41, 5.74) is 3.11. The number of nitrogens with zero attached hydrogens (tertiary/aromatic N) is 5. The van der Waals surface area contributed by atoms with Gasteiger partial charge in [0.05, 0.1) is 25.5 Å². The summed E-state index contributed by atoms with van der Waals surface area (Å²) >= 11 is 0. The Labute approximate surface area is 190 Å². The lowest BCUT2D eigenvalue weighted by Gasteiger charge is -2.33. The summed E-state index contributed by atoms with van der Waals surface area (Å²) in [6, 6.07) is 12.0. The molecular weight excluding hydrogens is 402 g/mol. The maximum absolute atomic E-state index is 5.61. The van der Waals surface area contributed by atoms with Gasteiger partial charge in [-0.1, -0.05) is 6.07 Å². The molecule has 1 fully saturated rings. The van der Waals surface area contributed by atoms with Crippen LogP contribution >= 0.6 is 0 Å². The normalized spacial score (nSPS) is 16.6. The van der Waals surface area contributed by atoms with Gasteiger partial charge in [0.25, 0.3) is 0 Å². The number of likely N-dealkylation sites (tertiary alicyclic amines) is 1. The minimum atomic E-state index is 0.335. The highest BCUT2D eigenvalue weighted by Gasteiger charge is 2.25. The van der Waals surface area contributed by atoms with Crippen LogP contribution in [0.3, 0.4) is 0 Å². The van der Waals surface area contributed by atoms with Crippen LogP contribution in [-0.2, 0) is 6.54 Å². The van der Waals surface area contributed by atoms with E-state index in [4.69, 9.17) is 19.4 Å². The molecule has 0 aliphatic carbocycles. The van der Waals surface area contributed by atoms with E-state index in [2.05, 4.69) is 16.0 Å². The molecule has 1 atom stereocenters. The summed E-state index contributed by atoms with van der Waals surface area (Å²) in [6.45, 7) is 2.75. The van der Waals surface area contributed by atoms with Gasteiger partial charge < -0.3 is 14.4 Å². The van der Waals surface area contributed by atoms with Crippen LogP contribution in [0.5, 0.6) is 11.5 Å². The number of anilines is 1. The lowest BCUT2D eigenvalue weighted by molar-refractivity contribution is 0.194. The van der Waals surface area contributed by atoms with Crippen molar-refractivity contribution in [3.8, 4) is 22.9 Å². The number of aromatic nitrogens is 3.